The fourth-order valence-corrected chi connectivity index (χ4v) is 3.24. The molecular weight excluding hydrogens is 332 g/mol. The first-order chi connectivity index (χ1) is 12.8. The van der Waals surface area contributed by atoms with E-state index in [4.69, 9.17) is 19.2 Å². The van der Waals surface area contributed by atoms with Crippen molar-refractivity contribution < 1.29 is 14.2 Å². The summed E-state index contributed by atoms with van der Waals surface area (Å²) in [6.45, 7) is 14.0. The van der Waals surface area contributed by atoms with E-state index >= 15 is 0 Å². The summed E-state index contributed by atoms with van der Waals surface area (Å²) in [6.07, 6.45) is 3.26. The molecule has 2 saturated heterocycles. The van der Waals surface area contributed by atoms with Gasteiger partial charge in [0.1, 0.15) is 0 Å². The lowest BCUT2D eigenvalue weighted by atomic mass is 10.0. The van der Waals surface area contributed by atoms with Crippen molar-refractivity contribution in [3.63, 3.8) is 0 Å². The molecule has 7 nitrogen and oxygen atoms in total. The zero-order valence-corrected chi connectivity index (χ0v) is 16.7. The van der Waals surface area contributed by atoms with Crippen molar-refractivity contribution in [2.24, 2.45) is 10.9 Å². The van der Waals surface area contributed by atoms with Crippen molar-refractivity contribution in [3.8, 4) is 0 Å². The van der Waals surface area contributed by atoms with Crippen LogP contribution >= 0.6 is 0 Å². The third kappa shape index (κ3) is 8.66. The van der Waals surface area contributed by atoms with Gasteiger partial charge < -0.3 is 24.8 Å². The van der Waals surface area contributed by atoms with Crippen molar-refractivity contribution in [2.45, 2.75) is 39.2 Å². The number of rotatable bonds is 10. The maximum Gasteiger partial charge on any atom is 0.191 e. The van der Waals surface area contributed by atoms with Crippen LogP contribution in [-0.2, 0) is 14.2 Å². The van der Waals surface area contributed by atoms with Crippen LogP contribution in [-0.4, -0.2) is 89.3 Å². The van der Waals surface area contributed by atoms with Crippen molar-refractivity contribution in [1.82, 2.24) is 15.5 Å². The topological polar surface area (TPSA) is 67.4 Å². The van der Waals surface area contributed by atoms with Crippen molar-refractivity contribution in [1.29, 1.82) is 0 Å². The third-order valence-corrected chi connectivity index (χ3v) is 4.98. The van der Waals surface area contributed by atoms with Gasteiger partial charge >= 0.3 is 0 Å². The third-order valence-electron chi connectivity index (χ3n) is 4.98. The second-order valence-corrected chi connectivity index (χ2v) is 7.13. The molecule has 0 saturated carbocycles. The molecule has 0 radical (unpaired) electrons. The first-order valence-corrected chi connectivity index (χ1v) is 10.3. The van der Waals surface area contributed by atoms with Gasteiger partial charge in [-0.3, -0.25) is 9.89 Å². The number of aliphatic imine (C=N–C) groups is 1. The van der Waals surface area contributed by atoms with Crippen LogP contribution in [0.15, 0.2) is 4.99 Å². The molecule has 1 unspecified atom stereocenters. The molecule has 2 rings (SSSR count). The van der Waals surface area contributed by atoms with Gasteiger partial charge in [-0.05, 0) is 39.0 Å². The van der Waals surface area contributed by atoms with E-state index in [9.17, 15) is 0 Å². The Morgan fingerprint density at radius 2 is 1.88 bits per heavy atom. The Balaban J connectivity index is 1.57. The molecule has 0 bridgehead atoms. The zero-order chi connectivity index (χ0) is 18.5. The molecule has 26 heavy (non-hydrogen) atoms. The highest BCUT2D eigenvalue weighted by molar-refractivity contribution is 5.79. The Labute approximate surface area is 158 Å². The van der Waals surface area contributed by atoms with E-state index in [0.717, 1.165) is 97.6 Å². The largest absolute Gasteiger partial charge is 0.381 e. The number of nitrogens with one attached hydrogen (secondary N) is 2. The molecule has 0 spiro atoms. The first kappa shape index (κ1) is 21.4. The Hall–Kier alpha value is -0.890. The highest BCUT2D eigenvalue weighted by Gasteiger charge is 2.16. The molecule has 0 aromatic heterocycles. The Morgan fingerprint density at radius 3 is 2.62 bits per heavy atom. The summed E-state index contributed by atoms with van der Waals surface area (Å²) in [5.41, 5.74) is 0. The maximum absolute atomic E-state index is 5.82. The SMILES string of the molecule is CCNC(=NCC(C)N1CCOCC1)NCCCOCC1CCOCC1. The number of hydrogen-bond acceptors (Lipinski definition) is 5. The zero-order valence-electron chi connectivity index (χ0n) is 16.7. The second kappa shape index (κ2) is 13.3. The van der Waals surface area contributed by atoms with Gasteiger partial charge in [-0.2, -0.15) is 0 Å². The predicted octanol–water partition coefficient (Wildman–Crippen LogP) is 1.10. The highest BCUT2D eigenvalue weighted by atomic mass is 16.5. The van der Waals surface area contributed by atoms with Crippen molar-refractivity contribution >= 4 is 5.96 Å². The van der Waals surface area contributed by atoms with Crippen LogP contribution in [0.3, 0.4) is 0 Å². The number of morpholine rings is 1. The molecule has 152 valence electrons. The highest BCUT2D eigenvalue weighted by Crippen LogP contribution is 2.14. The normalized spacial score (nSPS) is 21.5. The molecule has 1 atom stereocenters. The summed E-state index contributed by atoms with van der Waals surface area (Å²) in [5, 5.41) is 6.74. The van der Waals surface area contributed by atoms with E-state index in [0.29, 0.717) is 12.0 Å². The summed E-state index contributed by atoms with van der Waals surface area (Å²) in [5.74, 6) is 1.58. The van der Waals surface area contributed by atoms with Crippen LogP contribution in [0.25, 0.3) is 0 Å². The summed E-state index contributed by atoms with van der Waals surface area (Å²) >= 11 is 0. The van der Waals surface area contributed by atoms with Gasteiger partial charge in [-0.15, -0.1) is 0 Å². The average molecular weight is 371 g/mol. The average Bonchev–Trinajstić information content (AvgIpc) is 2.69. The smallest absolute Gasteiger partial charge is 0.191 e. The minimum absolute atomic E-state index is 0.442. The molecule has 0 aromatic carbocycles. The van der Waals surface area contributed by atoms with Gasteiger partial charge in [0.05, 0.1) is 19.8 Å². The van der Waals surface area contributed by atoms with Gasteiger partial charge in [0, 0.05) is 58.6 Å². The quantitative estimate of drug-likeness (QED) is 0.341. The minimum Gasteiger partial charge on any atom is -0.381 e. The van der Waals surface area contributed by atoms with E-state index in [2.05, 4.69) is 29.4 Å². The standard InChI is InChI=1S/C19H38N4O3/c1-3-20-19(22-15-17(2)23-8-13-25-14-9-23)21-7-4-10-26-16-18-5-11-24-12-6-18/h17-18H,3-16H2,1-2H3,(H2,20,21,22). The number of hydrogen-bond donors (Lipinski definition) is 2. The summed E-state index contributed by atoms with van der Waals surface area (Å²) in [6, 6.07) is 0.442. The number of guanidine groups is 1. The second-order valence-electron chi connectivity index (χ2n) is 7.13. The molecule has 7 heteroatoms. The summed E-state index contributed by atoms with van der Waals surface area (Å²) in [4.78, 5) is 7.18. The maximum atomic E-state index is 5.82. The van der Waals surface area contributed by atoms with Crippen LogP contribution in [0.4, 0.5) is 0 Å². The summed E-state index contributed by atoms with van der Waals surface area (Å²) in [7, 11) is 0. The Kier molecular flexibility index (Phi) is 11.0. The lowest BCUT2D eigenvalue weighted by molar-refractivity contribution is 0.0203. The number of nitrogens with zero attached hydrogens (tertiary/aromatic N) is 2. The van der Waals surface area contributed by atoms with E-state index < -0.39 is 0 Å². The molecule has 0 amide bonds. The predicted molar refractivity (Wildman–Crippen MR) is 105 cm³/mol. The fraction of sp³-hybridized carbons (Fsp3) is 0.947. The lowest BCUT2D eigenvalue weighted by Gasteiger charge is -2.31. The molecule has 2 aliphatic heterocycles. The van der Waals surface area contributed by atoms with Crippen molar-refractivity contribution in [2.75, 3.05) is 72.4 Å². The van der Waals surface area contributed by atoms with Crippen LogP contribution in [0, 0.1) is 5.92 Å². The minimum atomic E-state index is 0.442. The van der Waals surface area contributed by atoms with Crippen LogP contribution in [0.1, 0.15) is 33.1 Å². The van der Waals surface area contributed by atoms with Crippen molar-refractivity contribution in [3.05, 3.63) is 0 Å². The van der Waals surface area contributed by atoms with Gasteiger partial charge in [0.25, 0.3) is 0 Å². The van der Waals surface area contributed by atoms with Gasteiger partial charge in [-0.25, -0.2) is 0 Å². The van der Waals surface area contributed by atoms with Crippen LogP contribution in [0.5, 0.6) is 0 Å². The Morgan fingerprint density at radius 1 is 1.15 bits per heavy atom. The molecule has 2 N–H and O–H groups in total. The fourth-order valence-electron chi connectivity index (χ4n) is 3.24. The number of ether oxygens (including phenoxy) is 3. The molecule has 2 heterocycles. The van der Waals surface area contributed by atoms with E-state index in [-0.39, 0.29) is 0 Å². The van der Waals surface area contributed by atoms with Gasteiger partial charge in [0.15, 0.2) is 5.96 Å². The molecule has 0 aliphatic carbocycles. The monoisotopic (exact) mass is 370 g/mol. The molecule has 0 aromatic rings. The van der Waals surface area contributed by atoms with Gasteiger partial charge in [0.2, 0.25) is 0 Å². The van der Waals surface area contributed by atoms with E-state index in [1.807, 2.05) is 0 Å². The molecule has 2 fully saturated rings. The van der Waals surface area contributed by atoms with Gasteiger partial charge in [-0.1, -0.05) is 0 Å². The van der Waals surface area contributed by atoms with E-state index in [1.54, 1.807) is 0 Å². The first-order valence-electron chi connectivity index (χ1n) is 10.3. The van der Waals surface area contributed by atoms with E-state index in [1.165, 1.54) is 0 Å². The lowest BCUT2D eigenvalue weighted by Crippen LogP contribution is -2.44. The summed E-state index contributed by atoms with van der Waals surface area (Å²) < 4.78 is 16.6. The van der Waals surface area contributed by atoms with Crippen LogP contribution < -0.4 is 10.6 Å². The van der Waals surface area contributed by atoms with Crippen LogP contribution in [0.2, 0.25) is 0 Å². The molecule has 2 aliphatic rings. The Bertz CT molecular complexity index is 383. The molecular formula is C19H38N4O3.